The van der Waals surface area contributed by atoms with Crippen molar-refractivity contribution in [3.63, 3.8) is 0 Å². The predicted octanol–water partition coefficient (Wildman–Crippen LogP) is 3.09. The van der Waals surface area contributed by atoms with Gasteiger partial charge in [-0.1, -0.05) is 30.2 Å². The van der Waals surface area contributed by atoms with Gasteiger partial charge in [0.05, 0.1) is 18.2 Å². The number of aliphatic hydroxyl groups excluding tert-OH is 1. The molecule has 0 aromatic heterocycles. The number of para-hydroxylation sites is 1. The fourth-order valence-electron chi connectivity index (χ4n) is 2.65. The van der Waals surface area contributed by atoms with Crippen molar-refractivity contribution in [1.82, 2.24) is 4.90 Å². The molecule has 1 N–H and O–H groups in total. The van der Waals surface area contributed by atoms with Crippen LogP contribution in [0.2, 0.25) is 5.02 Å². The van der Waals surface area contributed by atoms with Gasteiger partial charge in [0.25, 0.3) is 0 Å². The van der Waals surface area contributed by atoms with Crippen molar-refractivity contribution < 1.29 is 9.84 Å². The van der Waals surface area contributed by atoms with Gasteiger partial charge >= 0.3 is 0 Å². The molecular weight excluding hydrogens is 262 g/mol. The Morgan fingerprint density at radius 1 is 1.42 bits per heavy atom. The topological polar surface area (TPSA) is 32.7 Å². The minimum absolute atomic E-state index is 0.0424. The van der Waals surface area contributed by atoms with Crippen LogP contribution in [0.15, 0.2) is 18.2 Å². The van der Waals surface area contributed by atoms with Gasteiger partial charge in [-0.15, -0.1) is 0 Å². The van der Waals surface area contributed by atoms with Crippen LogP contribution in [-0.2, 0) is 6.61 Å². The Kier molecular flexibility index (Phi) is 5.49. The van der Waals surface area contributed by atoms with Gasteiger partial charge in [0.1, 0.15) is 5.75 Å². The summed E-state index contributed by atoms with van der Waals surface area (Å²) in [5, 5.41) is 9.86. The number of piperidine rings is 1. The Bertz CT molecular complexity index is 411. The molecule has 1 aliphatic heterocycles. The van der Waals surface area contributed by atoms with E-state index in [1.54, 1.807) is 6.07 Å². The Balaban J connectivity index is 1.88. The van der Waals surface area contributed by atoms with E-state index in [0.29, 0.717) is 23.4 Å². The van der Waals surface area contributed by atoms with Crippen LogP contribution < -0.4 is 4.74 Å². The monoisotopic (exact) mass is 283 g/mol. The van der Waals surface area contributed by atoms with Crippen molar-refractivity contribution >= 4 is 11.6 Å². The molecule has 4 heteroatoms. The molecule has 0 saturated carbocycles. The molecule has 1 atom stereocenters. The number of ether oxygens (including phenoxy) is 1. The van der Waals surface area contributed by atoms with Crippen LogP contribution in [0.3, 0.4) is 0 Å². The first-order valence-corrected chi connectivity index (χ1v) is 7.31. The first kappa shape index (κ1) is 14.6. The summed E-state index contributed by atoms with van der Waals surface area (Å²) in [5.74, 6) is 0.630. The van der Waals surface area contributed by atoms with E-state index >= 15 is 0 Å². The minimum atomic E-state index is -0.0424. The molecule has 0 aliphatic carbocycles. The lowest BCUT2D eigenvalue weighted by Crippen LogP contribution is -2.37. The maximum Gasteiger partial charge on any atom is 0.143 e. The normalized spacial score (nSPS) is 20.5. The molecule has 1 aromatic carbocycles. The van der Waals surface area contributed by atoms with Gasteiger partial charge in [-0.3, -0.25) is 0 Å². The van der Waals surface area contributed by atoms with Gasteiger partial charge in [0, 0.05) is 11.6 Å². The standard InChI is InChI=1S/C15H22ClNO2/c1-17-9-3-2-6-13(17)8-10-19-15-12(11-18)5-4-7-14(15)16/h4-5,7,13,18H,2-3,6,8-11H2,1H3. The van der Waals surface area contributed by atoms with Crippen LogP contribution in [0.4, 0.5) is 0 Å². The Morgan fingerprint density at radius 2 is 2.26 bits per heavy atom. The smallest absolute Gasteiger partial charge is 0.143 e. The lowest BCUT2D eigenvalue weighted by molar-refractivity contribution is 0.152. The van der Waals surface area contributed by atoms with Crippen LogP contribution in [0.5, 0.6) is 5.75 Å². The summed E-state index contributed by atoms with van der Waals surface area (Å²) < 4.78 is 5.79. The number of likely N-dealkylation sites (tertiary alicyclic amines) is 1. The number of aliphatic hydroxyl groups is 1. The summed E-state index contributed by atoms with van der Waals surface area (Å²) in [6.07, 6.45) is 4.86. The second kappa shape index (κ2) is 7.13. The van der Waals surface area contributed by atoms with Crippen molar-refractivity contribution in [2.75, 3.05) is 20.2 Å². The summed E-state index contributed by atoms with van der Waals surface area (Å²) in [4.78, 5) is 2.41. The van der Waals surface area contributed by atoms with E-state index in [4.69, 9.17) is 16.3 Å². The summed E-state index contributed by atoms with van der Waals surface area (Å²) >= 11 is 6.11. The molecule has 1 heterocycles. The van der Waals surface area contributed by atoms with Crippen LogP contribution in [-0.4, -0.2) is 36.2 Å². The highest BCUT2D eigenvalue weighted by molar-refractivity contribution is 6.32. The minimum Gasteiger partial charge on any atom is -0.492 e. The molecule has 0 radical (unpaired) electrons. The molecule has 0 amide bonds. The third-order valence-electron chi connectivity index (χ3n) is 3.84. The number of hydrogen-bond acceptors (Lipinski definition) is 3. The molecule has 1 aromatic rings. The molecule has 106 valence electrons. The Morgan fingerprint density at radius 3 is 3.00 bits per heavy atom. The number of hydrogen-bond donors (Lipinski definition) is 1. The molecule has 2 rings (SSSR count). The number of benzene rings is 1. The van der Waals surface area contributed by atoms with Crippen LogP contribution in [0.25, 0.3) is 0 Å². The molecule has 1 saturated heterocycles. The van der Waals surface area contributed by atoms with E-state index in [1.807, 2.05) is 12.1 Å². The van der Waals surface area contributed by atoms with E-state index in [0.717, 1.165) is 12.0 Å². The molecule has 1 unspecified atom stereocenters. The van der Waals surface area contributed by atoms with E-state index in [1.165, 1.54) is 25.8 Å². The van der Waals surface area contributed by atoms with Gasteiger partial charge in [0.2, 0.25) is 0 Å². The molecular formula is C15H22ClNO2. The van der Waals surface area contributed by atoms with Crippen LogP contribution >= 0.6 is 11.6 Å². The summed E-state index contributed by atoms with van der Waals surface area (Å²) in [6.45, 7) is 1.78. The van der Waals surface area contributed by atoms with Crippen molar-refractivity contribution in [2.24, 2.45) is 0 Å². The summed E-state index contributed by atoms with van der Waals surface area (Å²) in [6, 6.07) is 6.07. The van der Waals surface area contributed by atoms with E-state index in [9.17, 15) is 5.11 Å². The molecule has 1 aliphatic rings. The first-order valence-electron chi connectivity index (χ1n) is 6.93. The van der Waals surface area contributed by atoms with Gasteiger partial charge in [-0.25, -0.2) is 0 Å². The molecule has 1 fully saturated rings. The third-order valence-corrected chi connectivity index (χ3v) is 4.14. The maximum atomic E-state index is 9.29. The highest BCUT2D eigenvalue weighted by Crippen LogP contribution is 2.29. The summed E-state index contributed by atoms with van der Waals surface area (Å²) in [5.41, 5.74) is 0.754. The van der Waals surface area contributed by atoms with Gasteiger partial charge in [0.15, 0.2) is 0 Å². The van der Waals surface area contributed by atoms with Gasteiger partial charge < -0.3 is 14.7 Å². The molecule has 19 heavy (non-hydrogen) atoms. The zero-order valence-electron chi connectivity index (χ0n) is 11.4. The van der Waals surface area contributed by atoms with Crippen LogP contribution in [0.1, 0.15) is 31.2 Å². The second-order valence-corrected chi connectivity index (χ2v) is 5.56. The van der Waals surface area contributed by atoms with Gasteiger partial charge in [-0.2, -0.15) is 0 Å². The summed E-state index contributed by atoms with van der Waals surface area (Å²) in [7, 11) is 2.18. The van der Waals surface area contributed by atoms with Crippen LogP contribution in [0, 0.1) is 0 Å². The molecule has 3 nitrogen and oxygen atoms in total. The zero-order valence-corrected chi connectivity index (χ0v) is 12.2. The van der Waals surface area contributed by atoms with E-state index in [2.05, 4.69) is 11.9 Å². The number of nitrogens with zero attached hydrogens (tertiary/aromatic N) is 1. The largest absolute Gasteiger partial charge is 0.492 e. The second-order valence-electron chi connectivity index (χ2n) is 5.15. The highest BCUT2D eigenvalue weighted by atomic mass is 35.5. The first-order chi connectivity index (χ1) is 9.22. The van der Waals surface area contributed by atoms with Crippen molar-refractivity contribution in [3.8, 4) is 5.75 Å². The maximum absolute atomic E-state index is 9.29. The fourth-order valence-corrected chi connectivity index (χ4v) is 2.89. The third kappa shape index (κ3) is 3.85. The highest BCUT2D eigenvalue weighted by Gasteiger charge is 2.19. The van der Waals surface area contributed by atoms with E-state index in [-0.39, 0.29) is 6.61 Å². The average Bonchev–Trinajstić information content (AvgIpc) is 2.42. The Labute approximate surface area is 120 Å². The lowest BCUT2D eigenvalue weighted by atomic mass is 10.0. The molecule has 0 spiro atoms. The SMILES string of the molecule is CN1CCCCC1CCOc1c(Cl)cccc1CO. The predicted molar refractivity (Wildman–Crippen MR) is 77.8 cm³/mol. The average molecular weight is 284 g/mol. The molecule has 0 bridgehead atoms. The van der Waals surface area contributed by atoms with Crippen molar-refractivity contribution in [3.05, 3.63) is 28.8 Å². The number of halogens is 1. The lowest BCUT2D eigenvalue weighted by Gasteiger charge is -2.32. The number of rotatable bonds is 5. The van der Waals surface area contributed by atoms with Crippen molar-refractivity contribution in [2.45, 2.75) is 38.3 Å². The quantitative estimate of drug-likeness (QED) is 0.901. The van der Waals surface area contributed by atoms with Gasteiger partial charge in [-0.05, 0) is 38.9 Å². The fraction of sp³-hybridized carbons (Fsp3) is 0.600. The van der Waals surface area contributed by atoms with E-state index < -0.39 is 0 Å². The van der Waals surface area contributed by atoms with Crippen molar-refractivity contribution in [1.29, 1.82) is 0 Å². The zero-order chi connectivity index (χ0) is 13.7. The Hall–Kier alpha value is -0.770.